The summed E-state index contributed by atoms with van der Waals surface area (Å²) in [5.74, 6) is 0.449. The van der Waals surface area contributed by atoms with Crippen LogP contribution in [-0.4, -0.2) is 43.9 Å². The zero-order valence-electron chi connectivity index (χ0n) is 7.86. The highest BCUT2D eigenvalue weighted by Crippen LogP contribution is 2.23. The average Bonchev–Trinajstić information content (AvgIpc) is 2.43. The predicted octanol–water partition coefficient (Wildman–Crippen LogP) is -0.416. The van der Waals surface area contributed by atoms with Gasteiger partial charge in [0.05, 0.1) is 24.4 Å². The molecule has 1 aliphatic heterocycles. The van der Waals surface area contributed by atoms with Crippen molar-refractivity contribution in [3.8, 4) is 0 Å². The van der Waals surface area contributed by atoms with Gasteiger partial charge in [0.2, 0.25) is 0 Å². The first-order chi connectivity index (χ1) is 6.53. The lowest BCUT2D eigenvalue weighted by Crippen LogP contribution is -2.24. The zero-order chi connectivity index (χ0) is 10.6. The first-order valence-corrected chi connectivity index (χ1v) is 7.04. The summed E-state index contributed by atoms with van der Waals surface area (Å²) in [5, 5.41) is 0.0580. The maximum atomic E-state index is 11.1. The van der Waals surface area contributed by atoms with Crippen molar-refractivity contribution in [3.05, 3.63) is 0 Å². The van der Waals surface area contributed by atoms with E-state index < -0.39 is 9.84 Å². The van der Waals surface area contributed by atoms with Gasteiger partial charge in [0.15, 0.2) is 9.84 Å². The van der Waals surface area contributed by atoms with E-state index in [2.05, 4.69) is 10.3 Å². The lowest BCUT2D eigenvalue weighted by molar-refractivity contribution is -0.128. The van der Waals surface area contributed by atoms with Crippen molar-refractivity contribution in [2.45, 2.75) is 11.7 Å². The minimum Gasteiger partial charge on any atom is -0.277 e. The molecule has 1 heterocycles. The summed E-state index contributed by atoms with van der Waals surface area (Å²) in [7, 11) is -1.48. The SMILES string of the molecule is CONC(=O)CS[C@@H]1CCS(=O)(=O)C1. The van der Waals surface area contributed by atoms with E-state index in [1.54, 1.807) is 0 Å². The third-order valence-corrected chi connectivity index (χ3v) is 5.14. The van der Waals surface area contributed by atoms with Gasteiger partial charge in [-0.2, -0.15) is 0 Å². The number of carbonyl (C=O) groups excluding carboxylic acids is 1. The molecule has 0 aliphatic carbocycles. The Labute approximate surface area is 87.5 Å². The quantitative estimate of drug-likeness (QED) is 0.675. The molecule has 14 heavy (non-hydrogen) atoms. The van der Waals surface area contributed by atoms with E-state index in [4.69, 9.17) is 0 Å². The Kier molecular flexibility index (Phi) is 4.21. The lowest BCUT2D eigenvalue weighted by atomic mass is 10.4. The molecule has 1 N–H and O–H groups in total. The summed E-state index contributed by atoms with van der Waals surface area (Å²) >= 11 is 1.36. The van der Waals surface area contributed by atoms with Crippen molar-refractivity contribution in [2.24, 2.45) is 0 Å². The van der Waals surface area contributed by atoms with Crippen LogP contribution in [-0.2, 0) is 19.5 Å². The molecule has 82 valence electrons. The molecule has 5 nitrogen and oxygen atoms in total. The number of hydrogen-bond donors (Lipinski definition) is 1. The van der Waals surface area contributed by atoms with Gasteiger partial charge in [0.25, 0.3) is 5.91 Å². The molecule has 1 saturated heterocycles. The van der Waals surface area contributed by atoms with Gasteiger partial charge in [-0.25, -0.2) is 13.9 Å². The summed E-state index contributed by atoms with van der Waals surface area (Å²) in [5.41, 5.74) is 2.18. The zero-order valence-corrected chi connectivity index (χ0v) is 9.49. The topological polar surface area (TPSA) is 72.5 Å². The molecule has 0 aromatic rings. The monoisotopic (exact) mass is 239 g/mol. The van der Waals surface area contributed by atoms with E-state index in [-0.39, 0.29) is 28.4 Å². The number of hydrogen-bond acceptors (Lipinski definition) is 5. The molecule has 0 aromatic carbocycles. The number of nitrogens with one attached hydrogen (secondary N) is 1. The van der Waals surface area contributed by atoms with Gasteiger partial charge in [0, 0.05) is 5.25 Å². The van der Waals surface area contributed by atoms with E-state index in [0.717, 1.165) is 0 Å². The number of amides is 1. The largest absolute Gasteiger partial charge is 0.277 e. The molecule has 0 spiro atoms. The van der Waals surface area contributed by atoms with Crippen molar-refractivity contribution < 1.29 is 18.0 Å². The molecule has 7 heteroatoms. The molecule has 0 saturated carbocycles. The summed E-state index contributed by atoms with van der Waals surface area (Å²) in [4.78, 5) is 15.4. The van der Waals surface area contributed by atoms with E-state index in [1.165, 1.54) is 18.9 Å². The normalized spacial score (nSPS) is 24.8. The van der Waals surface area contributed by atoms with E-state index in [9.17, 15) is 13.2 Å². The second-order valence-electron chi connectivity index (χ2n) is 3.07. The molecule has 0 unspecified atom stereocenters. The van der Waals surface area contributed by atoms with Crippen molar-refractivity contribution in [2.75, 3.05) is 24.4 Å². The maximum Gasteiger partial charge on any atom is 0.253 e. The highest BCUT2D eigenvalue weighted by molar-refractivity contribution is 8.02. The van der Waals surface area contributed by atoms with Crippen LogP contribution in [0.4, 0.5) is 0 Å². The van der Waals surface area contributed by atoms with E-state index >= 15 is 0 Å². The highest BCUT2D eigenvalue weighted by atomic mass is 32.2. The van der Waals surface area contributed by atoms with E-state index in [0.29, 0.717) is 6.42 Å². The summed E-state index contributed by atoms with van der Waals surface area (Å²) in [6, 6.07) is 0. The smallest absolute Gasteiger partial charge is 0.253 e. The number of sulfone groups is 1. The molecule has 1 atom stereocenters. The van der Waals surface area contributed by atoms with Crippen LogP contribution >= 0.6 is 11.8 Å². The number of thioether (sulfide) groups is 1. The summed E-state index contributed by atoms with van der Waals surface area (Å²) in [6.07, 6.45) is 0.646. The first kappa shape index (κ1) is 11.8. The van der Waals surface area contributed by atoms with Gasteiger partial charge in [0.1, 0.15) is 0 Å². The molecular formula is C7H13NO4S2. The van der Waals surface area contributed by atoms with Crippen molar-refractivity contribution in [1.82, 2.24) is 5.48 Å². The fourth-order valence-corrected chi connectivity index (χ4v) is 4.66. The molecule has 0 aromatic heterocycles. The fraction of sp³-hybridized carbons (Fsp3) is 0.857. The van der Waals surface area contributed by atoms with Crippen LogP contribution in [0.25, 0.3) is 0 Å². The van der Waals surface area contributed by atoms with Gasteiger partial charge in [-0.1, -0.05) is 0 Å². The van der Waals surface area contributed by atoms with Crippen molar-refractivity contribution in [1.29, 1.82) is 0 Å². The molecule has 1 aliphatic rings. The Morgan fingerprint density at radius 2 is 2.36 bits per heavy atom. The minimum absolute atomic E-state index is 0.0580. The van der Waals surface area contributed by atoms with Crippen LogP contribution in [0.2, 0.25) is 0 Å². The van der Waals surface area contributed by atoms with Crippen LogP contribution in [0.15, 0.2) is 0 Å². The number of carbonyl (C=O) groups is 1. The molecule has 0 radical (unpaired) electrons. The summed E-state index contributed by atoms with van der Waals surface area (Å²) < 4.78 is 22.1. The third-order valence-electron chi connectivity index (χ3n) is 1.86. The van der Waals surface area contributed by atoms with Gasteiger partial charge in [-0.15, -0.1) is 11.8 Å². The van der Waals surface area contributed by atoms with Crippen molar-refractivity contribution >= 4 is 27.5 Å². The first-order valence-electron chi connectivity index (χ1n) is 4.17. The van der Waals surface area contributed by atoms with Gasteiger partial charge in [-0.05, 0) is 6.42 Å². The predicted molar refractivity (Wildman–Crippen MR) is 54.7 cm³/mol. The van der Waals surface area contributed by atoms with Gasteiger partial charge >= 0.3 is 0 Å². The summed E-state index contributed by atoms with van der Waals surface area (Å²) in [6.45, 7) is 0. The number of hydroxylamine groups is 1. The molecule has 1 rings (SSSR count). The Balaban J connectivity index is 2.24. The van der Waals surface area contributed by atoms with E-state index in [1.807, 2.05) is 0 Å². The fourth-order valence-electron chi connectivity index (χ4n) is 1.23. The Morgan fingerprint density at radius 3 is 2.86 bits per heavy atom. The Hall–Kier alpha value is -0.270. The van der Waals surface area contributed by atoms with Crippen LogP contribution < -0.4 is 5.48 Å². The third kappa shape index (κ3) is 3.85. The van der Waals surface area contributed by atoms with Crippen LogP contribution in [0, 0.1) is 0 Å². The van der Waals surface area contributed by atoms with Gasteiger partial charge < -0.3 is 0 Å². The molecule has 0 bridgehead atoms. The maximum absolute atomic E-state index is 11.1. The Bertz CT molecular complexity index is 301. The van der Waals surface area contributed by atoms with Gasteiger partial charge in [-0.3, -0.25) is 9.63 Å². The van der Waals surface area contributed by atoms with Crippen LogP contribution in [0.3, 0.4) is 0 Å². The molecule has 1 fully saturated rings. The van der Waals surface area contributed by atoms with Crippen LogP contribution in [0.1, 0.15) is 6.42 Å². The standard InChI is InChI=1S/C7H13NO4S2/c1-12-8-7(9)4-13-6-2-3-14(10,11)5-6/h6H,2-5H2,1H3,(H,8,9)/t6-/m1/s1. The minimum atomic E-state index is -2.84. The lowest BCUT2D eigenvalue weighted by Gasteiger charge is -2.06. The van der Waals surface area contributed by atoms with Crippen LogP contribution in [0.5, 0.6) is 0 Å². The number of rotatable bonds is 4. The molecular weight excluding hydrogens is 226 g/mol. The molecule has 1 amide bonds. The average molecular weight is 239 g/mol. The Morgan fingerprint density at radius 1 is 1.64 bits per heavy atom. The highest BCUT2D eigenvalue weighted by Gasteiger charge is 2.28. The second kappa shape index (κ2) is 4.99. The second-order valence-corrected chi connectivity index (χ2v) is 6.58. The van der Waals surface area contributed by atoms with Crippen molar-refractivity contribution in [3.63, 3.8) is 0 Å².